The van der Waals surface area contributed by atoms with Gasteiger partial charge in [0.1, 0.15) is 11.7 Å². The monoisotopic (exact) mass is 226 g/mol. The number of rotatable bonds is 4. The van der Waals surface area contributed by atoms with Gasteiger partial charge in [0.15, 0.2) is 0 Å². The van der Waals surface area contributed by atoms with Gasteiger partial charge in [0.25, 0.3) is 0 Å². The number of hydrogen-bond donors (Lipinski definition) is 0. The normalized spacial score (nSPS) is 26.8. The molecule has 1 aliphatic carbocycles. The quantitative estimate of drug-likeness (QED) is 0.546. The van der Waals surface area contributed by atoms with E-state index in [4.69, 9.17) is 4.74 Å². The molecule has 3 atom stereocenters. The van der Waals surface area contributed by atoms with Crippen LogP contribution in [-0.2, 0) is 14.3 Å². The van der Waals surface area contributed by atoms with E-state index >= 15 is 0 Å². The third-order valence-electron chi connectivity index (χ3n) is 3.53. The molecule has 0 saturated heterocycles. The first-order valence-electron chi connectivity index (χ1n) is 6.09. The summed E-state index contributed by atoms with van der Waals surface area (Å²) in [6.45, 7) is 5.96. The molecule has 0 aromatic heterocycles. The number of hydrogen-bond acceptors (Lipinski definition) is 3. The molecule has 3 nitrogen and oxygen atoms in total. The summed E-state index contributed by atoms with van der Waals surface area (Å²) < 4.78 is 4.72. The fourth-order valence-corrected chi connectivity index (χ4v) is 2.56. The van der Waals surface area contributed by atoms with E-state index in [2.05, 4.69) is 6.92 Å². The molecule has 0 bridgehead atoms. The van der Waals surface area contributed by atoms with Gasteiger partial charge in [-0.15, -0.1) is 0 Å². The number of ketones is 1. The molecule has 1 fully saturated rings. The van der Waals surface area contributed by atoms with Crippen LogP contribution in [-0.4, -0.2) is 18.9 Å². The van der Waals surface area contributed by atoms with Crippen LogP contribution in [0.5, 0.6) is 0 Å². The second-order valence-electron chi connectivity index (χ2n) is 5.26. The van der Waals surface area contributed by atoms with Gasteiger partial charge in [0.05, 0.1) is 7.11 Å². The molecule has 0 N–H and O–H groups in total. The van der Waals surface area contributed by atoms with Crippen molar-refractivity contribution in [2.24, 2.45) is 23.7 Å². The molecule has 92 valence electrons. The Balaban J connectivity index is 2.71. The maximum absolute atomic E-state index is 12.2. The van der Waals surface area contributed by atoms with Crippen molar-refractivity contribution in [1.29, 1.82) is 0 Å². The standard InChI is InChI=1S/C13H22O3/c1-8(2)11(13(15)16-4)12(14)10-6-5-9(3)7-10/h8-11H,5-7H2,1-4H3. The van der Waals surface area contributed by atoms with E-state index in [1.165, 1.54) is 7.11 Å². The van der Waals surface area contributed by atoms with Crippen LogP contribution in [0.1, 0.15) is 40.0 Å². The molecule has 0 radical (unpaired) electrons. The van der Waals surface area contributed by atoms with Crippen LogP contribution >= 0.6 is 0 Å². The summed E-state index contributed by atoms with van der Waals surface area (Å²) in [6, 6.07) is 0. The average molecular weight is 226 g/mol. The fraction of sp³-hybridized carbons (Fsp3) is 0.846. The van der Waals surface area contributed by atoms with E-state index in [0.29, 0.717) is 5.92 Å². The number of esters is 1. The lowest BCUT2D eigenvalue weighted by molar-refractivity contribution is -0.152. The van der Waals surface area contributed by atoms with E-state index in [0.717, 1.165) is 19.3 Å². The fourth-order valence-electron chi connectivity index (χ4n) is 2.56. The van der Waals surface area contributed by atoms with Crippen molar-refractivity contribution >= 4 is 11.8 Å². The summed E-state index contributed by atoms with van der Waals surface area (Å²) in [7, 11) is 1.35. The Morgan fingerprint density at radius 2 is 1.88 bits per heavy atom. The van der Waals surface area contributed by atoms with Gasteiger partial charge >= 0.3 is 5.97 Å². The Kier molecular flexibility index (Phi) is 4.51. The van der Waals surface area contributed by atoms with Crippen molar-refractivity contribution in [3.8, 4) is 0 Å². The van der Waals surface area contributed by atoms with E-state index in [-0.39, 0.29) is 23.6 Å². The van der Waals surface area contributed by atoms with Gasteiger partial charge in [-0.1, -0.05) is 20.8 Å². The molecule has 0 amide bonds. The van der Waals surface area contributed by atoms with Gasteiger partial charge in [-0.25, -0.2) is 0 Å². The molecule has 1 aliphatic rings. The van der Waals surface area contributed by atoms with Crippen LogP contribution < -0.4 is 0 Å². The van der Waals surface area contributed by atoms with Crippen LogP contribution in [0.15, 0.2) is 0 Å². The number of methoxy groups -OCH3 is 1. The highest BCUT2D eigenvalue weighted by atomic mass is 16.5. The molecular weight excluding hydrogens is 204 g/mol. The minimum Gasteiger partial charge on any atom is -0.468 e. The molecule has 3 heteroatoms. The largest absolute Gasteiger partial charge is 0.468 e. The number of ether oxygens (including phenoxy) is 1. The smallest absolute Gasteiger partial charge is 0.316 e. The van der Waals surface area contributed by atoms with E-state index in [1.807, 2.05) is 13.8 Å². The van der Waals surface area contributed by atoms with Gasteiger partial charge in [-0.2, -0.15) is 0 Å². The Hall–Kier alpha value is -0.860. The van der Waals surface area contributed by atoms with Gasteiger partial charge in [0.2, 0.25) is 0 Å². The van der Waals surface area contributed by atoms with Crippen molar-refractivity contribution in [1.82, 2.24) is 0 Å². The maximum atomic E-state index is 12.2. The highest BCUT2D eigenvalue weighted by Gasteiger charge is 2.37. The Morgan fingerprint density at radius 1 is 1.25 bits per heavy atom. The van der Waals surface area contributed by atoms with Crippen LogP contribution in [0.4, 0.5) is 0 Å². The van der Waals surface area contributed by atoms with Crippen molar-refractivity contribution in [3.63, 3.8) is 0 Å². The predicted molar refractivity (Wildman–Crippen MR) is 61.9 cm³/mol. The van der Waals surface area contributed by atoms with E-state index in [9.17, 15) is 9.59 Å². The average Bonchev–Trinajstić information content (AvgIpc) is 2.64. The molecule has 1 rings (SSSR count). The first-order chi connectivity index (χ1) is 7.47. The molecular formula is C13H22O3. The Morgan fingerprint density at radius 3 is 2.25 bits per heavy atom. The third kappa shape index (κ3) is 2.83. The molecule has 0 aromatic carbocycles. The molecule has 16 heavy (non-hydrogen) atoms. The minimum absolute atomic E-state index is 0.0239. The van der Waals surface area contributed by atoms with Crippen LogP contribution in [0.3, 0.4) is 0 Å². The van der Waals surface area contributed by atoms with Crippen molar-refractivity contribution in [2.45, 2.75) is 40.0 Å². The van der Waals surface area contributed by atoms with Crippen LogP contribution in [0.2, 0.25) is 0 Å². The second kappa shape index (κ2) is 5.46. The number of carbonyl (C=O) groups excluding carboxylic acids is 2. The van der Waals surface area contributed by atoms with Crippen molar-refractivity contribution < 1.29 is 14.3 Å². The first kappa shape index (κ1) is 13.2. The first-order valence-corrected chi connectivity index (χ1v) is 6.09. The molecule has 0 aliphatic heterocycles. The van der Waals surface area contributed by atoms with Crippen molar-refractivity contribution in [2.75, 3.05) is 7.11 Å². The third-order valence-corrected chi connectivity index (χ3v) is 3.53. The molecule has 0 aromatic rings. The topological polar surface area (TPSA) is 43.4 Å². The zero-order valence-corrected chi connectivity index (χ0v) is 10.7. The highest BCUT2D eigenvalue weighted by Crippen LogP contribution is 2.34. The van der Waals surface area contributed by atoms with Gasteiger partial charge < -0.3 is 4.74 Å². The van der Waals surface area contributed by atoms with Gasteiger partial charge in [-0.05, 0) is 31.1 Å². The Labute approximate surface area is 97.5 Å². The molecule has 1 saturated carbocycles. The van der Waals surface area contributed by atoms with E-state index in [1.54, 1.807) is 0 Å². The summed E-state index contributed by atoms with van der Waals surface area (Å²) in [6.07, 6.45) is 2.96. The molecule has 3 unspecified atom stereocenters. The lowest BCUT2D eigenvalue weighted by atomic mass is 9.84. The molecule has 0 heterocycles. The number of carbonyl (C=O) groups is 2. The van der Waals surface area contributed by atoms with E-state index < -0.39 is 5.92 Å². The maximum Gasteiger partial charge on any atom is 0.316 e. The molecule has 0 spiro atoms. The summed E-state index contributed by atoms with van der Waals surface area (Å²) in [4.78, 5) is 23.8. The zero-order chi connectivity index (χ0) is 12.3. The van der Waals surface area contributed by atoms with Crippen LogP contribution in [0.25, 0.3) is 0 Å². The highest BCUT2D eigenvalue weighted by molar-refractivity contribution is 6.00. The van der Waals surface area contributed by atoms with Crippen molar-refractivity contribution in [3.05, 3.63) is 0 Å². The SMILES string of the molecule is COC(=O)C(C(=O)C1CCC(C)C1)C(C)C. The van der Waals surface area contributed by atoms with Gasteiger partial charge in [-0.3, -0.25) is 9.59 Å². The summed E-state index contributed by atoms with van der Waals surface area (Å²) >= 11 is 0. The number of Topliss-reactive ketones (excluding diaryl/α,β-unsaturated/α-hetero) is 1. The minimum atomic E-state index is -0.569. The summed E-state index contributed by atoms with van der Waals surface area (Å²) in [5.74, 6) is -0.150. The second-order valence-corrected chi connectivity index (χ2v) is 5.26. The zero-order valence-electron chi connectivity index (χ0n) is 10.7. The predicted octanol–water partition coefficient (Wildman–Crippen LogP) is 2.44. The van der Waals surface area contributed by atoms with Crippen LogP contribution in [0, 0.1) is 23.7 Å². The summed E-state index contributed by atoms with van der Waals surface area (Å²) in [5, 5.41) is 0. The van der Waals surface area contributed by atoms with Gasteiger partial charge in [0, 0.05) is 5.92 Å². The summed E-state index contributed by atoms with van der Waals surface area (Å²) in [5.41, 5.74) is 0. The lowest BCUT2D eigenvalue weighted by Gasteiger charge is -2.20. The lowest BCUT2D eigenvalue weighted by Crippen LogP contribution is -2.33. The Bertz CT molecular complexity index is 270.